The maximum Gasteiger partial charge on any atom is 0.250 e. The molecule has 0 saturated heterocycles. The second-order valence-electron chi connectivity index (χ2n) is 3.18. The van der Waals surface area contributed by atoms with E-state index in [0.717, 1.165) is 19.3 Å². The van der Waals surface area contributed by atoms with Gasteiger partial charge in [-0.15, -0.1) is 11.3 Å². The van der Waals surface area contributed by atoms with Gasteiger partial charge in [0.25, 0.3) is 0 Å². The zero-order valence-electron chi connectivity index (χ0n) is 8.48. The fourth-order valence-corrected chi connectivity index (χ4v) is 3.25. The number of nitrogens with one attached hydrogen (secondary N) is 1. The van der Waals surface area contributed by atoms with E-state index in [-0.39, 0.29) is 0 Å². The Balaban J connectivity index is 2.32. The third kappa shape index (κ3) is 4.29. The number of rotatable bonds is 7. The monoisotopic (exact) mass is 248 g/mol. The highest BCUT2D eigenvalue weighted by Crippen LogP contribution is 2.15. The first-order chi connectivity index (χ1) is 7.17. The smallest absolute Gasteiger partial charge is 0.250 e. The van der Waals surface area contributed by atoms with Crippen molar-refractivity contribution in [3.8, 4) is 0 Å². The molecule has 0 bridgehead atoms. The molecular weight excluding hydrogens is 232 g/mol. The Morgan fingerprint density at radius 2 is 2.13 bits per heavy atom. The van der Waals surface area contributed by atoms with E-state index in [1.165, 1.54) is 11.3 Å². The van der Waals surface area contributed by atoms with Gasteiger partial charge in [-0.25, -0.2) is 13.1 Å². The van der Waals surface area contributed by atoms with E-state index in [1.54, 1.807) is 17.5 Å². The fourth-order valence-electron chi connectivity index (χ4n) is 1.14. The molecule has 15 heavy (non-hydrogen) atoms. The Morgan fingerprint density at radius 3 is 2.73 bits per heavy atom. The van der Waals surface area contributed by atoms with Gasteiger partial charge in [0.1, 0.15) is 4.21 Å². The van der Waals surface area contributed by atoms with Gasteiger partial charge in [-0.3, -0.25) is 0 Å². The van der Waals surface area contributed by atoms with Crippen LogP contribution in [-0.2, 0) is 10.0 Å². The highest BCUT2D eigenvalue weighted by atomic mass is 32.2. The molecule has 1 rings (SSSR count). The zero-order valence-corrected chi connectivity index (χ0v) is 10.1. The van der Waals surface area contributed by atoms with Crippen LogP contribution >= 0.6 is 11.3 Å². The summed E-state index contributed by atoms with van der Waals surface area (Å²) in [4.78, 5) is 0. The zero-order chi connectivity index (χ0) is 11.1. The molecular formula is C9H16N2O2S2. The molecule has 4 nitrogen and oxygen atoms in total. The van der Waals surface area contributed by atoms with E-state index in [2.05, 4.69) is 4.72 Å². The third-order valence-electron chi connectivity index (χ3n) is 1.93. The Labute approximate surface area is 94.5 Å². The summed E-state index contributed by atoms with van der Waals surface area (Å²) in [6.07, 6.45) is 2.74. The van der Waals surface area contributed by atoms with Gasteiger partial charge in [0.2, 0.25) is 10.0 Å². The van der Waals surface area contributed by atoms with Crippen LogP contribution in [0.5, 0.6) is 0 Å². The summed E-state index contributed by atoms with van der Waals surface area (Å²) in [5.74, 6) is 0. The summed E-state index contributed by atoms with van der Waals surface area (Å²) in [6, 6.07) is 3.33. The van der Waals surface area contributed by atoms with Crippen LogP contribution in [0.3, 0.4) is 0 Å². The molecule has 86 valence electrons. The average Bonchev–Trinajstić information content (AvgIpc) is 2.70. The van der Waals surface area contributed by atoms with Crippen LogP contribution in [0.25, 0.3) is 0 Å². The quantitative estimate of drug-likeness (QED) is 0.711. The largest absolute Gasteiger partial charge is 0.330 e. The van der Waals surface area contributed by atoms with Gasteiger partial charge in [-0.05, 0) is 30.8 Å². The lowest BCUT2D eigenvalue weighted by Gasteiger charge is -2.03. The van der Waals surface area contributed by atoms with E-state index in [4.69, 9.17) is 5.73 Å². The third-order valence-corrected chi connectivity index (χ3v) is 4.79. The lowest BCUT2D eigenvalue weighted by molar-refractivity contribution is 0.577. The predicted molar refractivity (Wildman–Crippen MR) is 62.4 cm³/mol. The molecule has 0 aliphatic rings. The standard InChI is InChI=1S/C9H16N2O2S2/c10-6-2-1-3-7-11-15(12,13)9-5-4-8-14-9/h4-5,8,11H,1-3,6-7,10H2. The SMILES string of the molecule is NCCCCCNS(=O)(=O)c1cccs1. The molecule has 0 aliphatic carbocycles. The van der Waals surface area contributed by atoms with Gasteiger partial charge in [-0.1, -0.05) is 12.5 Å². The van der Waals surface area contributed by atoms with E-state index in [0.29, 0.717) is 17.3 Å². The van der Waals surface area contributed by atoms with Crippen molar-refractivity contribution in [3.05, 3.63) is 17.5 Å². The van der Waals surface area contributed by atoms with Crippen molar-refractivity contribution >= 4 is 21.4 Å². The summed E-state index contributed by atoms with van der Waals surface area (Å²) in [7, 11) is -3.27. The van der Waals surface area contributed by atoms with Crippen molar-refractivity contribution < 1.29 is 8.42 Å². The number of unbranched alkanes of at least 4 members (excludes halogenated alkanes) is 2. The molecule has 0 radical (unpaired) electrons. The fraction of sp³-hybridized carbons (Fsp3) is 0.556. The summed E-state index contributed by atoms with van der Waals surface area (Å²) in [6.45, 7) is 1.15. The first-order valence-corrected chi connectivity index (χ1v) is 7.26. The van der Waals surface area contributed by atoms with Crippen LogP contribution in [0.1, 0.15) is 19.3 Å². The minimum absolute atomic E-state index is 0.376. The summed E-state index contributed by atoms with van der Waals surface area (Å²) < 4.78 is 26.1. The molecule has 3 N–H and O–H groups in total. The molecule has 0 amide bonds. The van der Waals surface area contributed by atoms with Crippen LogP contribution in [0.4, 0.5) is 0 Å². The Morgan fingerprint density at radius 1 is 1.33 bits per heavy atom. The molecule has 0 spiro atoms. The second-order valence-corrected chi connectivity index (χ2v) is 6.12. The predicted octanol–water partition coefficient (Wildman–Crippen LogP) is 1.16. The normalized spacial score (nSPS) is 11.8. The number of nitrogens with two attached hydrogens (primary N) is 1. The van der Waals surface area contributed by atoms with Crippen LogP contribution < -0.4 is 10.5 Å². The molecule has 0 unspecified atom stereocenters. The first kappa shape index (κ1) is 12.6. The van der Waals surface area contributed by atoms with Crippen molar-refractivity contribution in [1.29, 1.82) is 0 Å². The maximum atomic E-state index is 11.6. The van der Waals surface area contributed by atoms with Crippen LogP contribution in [0.15, 0.2) is 21.7 Å². The molecule has 0 fully saturated rings. The topological polar surface area (TPSA) is 72.2 Å². The minimum atomic E-state index is -3.27. The molecule has 1 heterocycles. The molecule has 1 aromatic rings. The summed E-state index contributed by atoms with van der Waals surface area (Å²) >= 11 is 1.23. The van der Waals surface area contributed by atoms with Gasteiger partial charge in [0.05, 0.1) is 0 Å². The van der Waals surface area contributed by atoms with Crippen molar-refractivity contribution in [1.82, 2.24) is 4.72 Å². The lowest BCUT2D eigenvalue weighted by Crippen LogP contribution is -2.24. The molecule has 6 heteroatoms. The molecule has 0 aromatic carbocycles. The minimum Gasteiger partial charge on any atom is -0.330 e. The molecule has 1 aromatic heterocycles. The van der Waals surface area contributed by atoms with E-state index in [1.807, 2.05) is 0 Å². The first-order valence-electron chi connectivity index (χ1n) is 4.90. The van der Waals surface area contributed by atoms with Crippen LogP contribution in [0, 0.1) is 0 Å². The molecule has 0 atom stereocenters. The van der Waals surface area contributed by atoms with Crippen molar-refractivity contribution in [3.63, 3.8) is 0 Å². The van der Waals surface area contributed by atoms with E-state index in [9.17, 15) is 8.42 Å². The van der Waals surface area contributed by atoms with Gasteiger partial charge in [0.15, 0.2) is 0 Å². The van der Waals surface area contributed by atoms with Gasteiger partial charge in [-0.2, -0.15) is 0 Å². The molecule has 0 saturated carbocycles. The number of thiophene rings is 1. The Kier molecular flexibility index (Phi) is 5.24. The van der Waals surface area contributed by atoms with Crippen molar-refractivity contribution in [2.24, 2.45) is 5.73 Å². The maximum absolute atomic E-state index is 11.6. The van der Waals surface area contributed by atoms with Crippen LogP contribution in [0.2, 0.25) is 0 Å². The molecule has 0 aliphatic heterocycles. The van der Waals surface area contributed by atoms with E-state index >= 15 is 0 Å². The van der Waals surface area contributed by atoms with Gasteiger partial charge >= 0.3 is 0 Å². The van der Waals surface area contributed by atoms with Crippen LogP contribution in [-0.4, -0.2) is 21.5 Å². The van der Waals surface area contributed by atoms with Gasteiger partial charge < -0.3 is 5.73 Å². The number of hydrogen-bond donors (Lipinski definition) is 2. The highest BCUT2D eigenvalue weighted by Gasteiger charge is 2.13. The Bertz CT molecular complexity index is 359. The highest BCUT2D eigenvalue weighted by molar-refractivity contribution is 7.91. The lowest BCUT2D eigenvalue weighted by atomic mass is 10.2. The number of sulfonamides is 1. The van der Waals surface area contributed by atoms with E-state index < -0.39 is 10.0 Å². The number of hydrogen-bond acceptors (Lipinski definition) is 4. The second kappa shape index (κ2) is 6.22. The average molecular weight is 248 g/mol. The van der Waals surface area contributed by atoms with Crippen molar-refractivity contribution in [2.45, 2.75) is 23.5 Å². The van der Waals surface area contributed by atoms with Gasteiger partial charge in [0, 0.05) is 6.54 Å². The Hall–Kier alpha value is -0.430. The van der Waals surface area contributed by atoms with Crippen molar-refractivity contribution in [2.75, 3.05) is 13.1 Å². The summed E-state index contributed by atoms with van der Waals surface area (Å²) in [5, 5.41) is 1.75. The summed E-state index contributed by atoms with van der Waals surface area (Å²) in [5.41, 5.74) is 5.34.